The summed E-state index contributed by atoms with van der Waals surface area (Å²) < 4.78 is 11.4. The van der Waals surface area contributed by atoms with Gasteiger partial charge in [0.05, 0.1) is 19.6 Å². The molecule has 1 N–H and O–H groups in total. The minimum atomic E-state index is -1.09. The fraction of sp³-hybridized carbons (Fsp3) is 0.407. The molecule has 2 aliphatic rings. The monoisotopic (exact) mass is 481 g/mol. The topological polar surface area (TPSA) is 76.1 Å². The fourth-order valence-corrected chi connectivity index (χ4v) is 5.56. The van der Waals surface area contributed by atoms with Crippen LogP contribution in [0, 0.1) is 0 Å². The lowest BCUT2D eigenvalue weighted by molar-refractivity contribution is -0.162. The lowest BCUT2D eigenvalue weighted by Gasteiger charge is -2.38. The fourth-order valence-electron chi connectivity index (χ4n) is 4.46. The van der Waals surface area contributed by atoms with E-state index in [1.807, 2.05) is 54.6 Å². The van der Waals surface area contributed by atoms with Crippen molar-refractivity contribution >= 4 is 23.6 Å². The molecular formula is C27H31NO5S. The van der Waals surface area contributed by atoms with Crippen LogP contribution in [0.5, 0.6) is 0 Å². The third-order valence-electron chi connectivity index (χ3n) is 6.35. The standard InChI is InChI=1S/C27H31NO5S/c1-19(2)21-10-6-7-11-23(21)34-25-22(29)18-27(33-26(25)31,20-8-4-3-5-9-20)13-12-24(30)28-14-16-32-17-15-28/h3-11,19,29H,12-18H2,1-2H3. The van der Waals surface area contributed by atoms with Crippen LogP contribution in [-0.4, -0.2) is 48.2 Å². The minimum absolute atomic E-state index is 0.00230. The summed E-state index contributed by atoms with van der Waals surface area (Å²) >= 11 is 1.24. The molecule has 1 amide bonds. The summed E-state index contributed by atoms with van der Waals surface area (Å²) in [6.45, 7) is 6.40. The van der Waals surface area contributed by atoms with Crippen LogP contribution < -0.4 is 0 Å². The maximum absolute atomic E-state index is 13.3. The van der Waals surface area contributed by atoms with Gasteiger partial charge < -0.3 is 19.5 Å². The van der Waals surface area contributed by atoms with Crippen LogP contribution in [-0.2, 0) is 24.7 Å². The summed E-state index contributed by atoms with van der Waals surface area (Å²) in [5.41, 5.74) is 0.791. The molecule has 6 nitrogen and oxygen atoms in total. The summed E-state index contributed by atoms with van der Waals surface area (Å²) in [6.07, 6.45) is 0.642. The minimum Gasteiger partial charge on any atom is -0.511 e. The lowest BCUT2D eigenvalue weighted by atomic mass is 9.83. The molecule has 1 unspecified atom stereocenters. The van der Waals surface area contributed by atoms with Gasteiger partial charge in [-0.3, -0.25) is 4.79 Å². The van der Waals surface area contributed by atoms with E-state index in [4.69, 9.17) is 9.47 Å². The van der Waals surface area contributed by atoms with Gasteiger partial charge in [-0.25, -0.2) is 4.79 Å². The molecule has 1 saturated heterocycles. The van der Waals surface area contributed by atoms with Gasteiger partial charge in [0.1, 0.15) is 16.3 Å². The summed E-state index contributed by atoms with van der Waals surface area (Å²) in [4.78, 5) is 29.0. The van der Waals surface area contributed by atoms with E-state index in [0.717, 1.165) is 16.0 Å². The van der Waals surface area contributed by atoms with Crippen LogP contribution in [0.3, 0.4) is 0 Å². The van der Waals surface area contributed by atoms with Crippen molar-refractivity contribution in [1.29, 1.82) is 0 Å². The number of carbonyl (C=O) groups excluding carboxylic acids is 2. The van der Waals surface area contributed by atoms with Crippen LogP contribution in [0.4, 0.5) is 0 Å². The van der Waals surface area contributed by atoms with Crippen LogP contribution in [0.15, 0.2) is 70.2 Å². The highest BCUT2D eigenvalue weighted by molar-refractivity contribution is 8.04. The summed E-state index contributed by atoms with van der Waals surface area (Å²) in [7, 11) is 0. The highest BCUT2D eigenvalue weighted by Gasteiger charge is 2.44. The van der Waals surface area contributed by atoms with Crippen LogP contribution >= 0.6 is 11.8 Å². The normalized spacial score (nSPS) is 21.0. The molecule has 0 radical (unpaired) electrons. The van der Waals surface area contributed by atoms with Crippen molar-refractivity contribution < 1.29 is 24.2 Å². The number of aliphatic hydroxyl groups excluding tert-OH is 1. The Kier molecular flexibility index (Phi) is 7.63. The smallest absolute Gasteiger partial charge is 0.349 e. The number of rotatable bonds is 7. The SMILES string of the molecule is CC(C)c1ccccc1SC1=C(O)CC(CCC(=O)N2CCOCC2)(c2ccccc2)OC1=O. The summed E-state index contributed by atoms with van der Waals surface area (Å²) in [6, 6.07) is 17.3. The second-order valence-electron chi connectivity index (χ2n) is 8.99. The van der Waals surface area contributed by atoms with E-state index in [1.54, 1.807) is 4.90 Å². The number of benzene rings is 2. The van der Waals surface area contributed by atoms with E-state index < -0.39 is 11.6 Å². The van der Waals surface area contributed by atoms with Gasteiger partial charge in [0.25, 0.3) is 0 Å². The molecule has 0 aromatic heterocycles. The van der Waals surface area contributed by atoms with Crippen molar-refractivity contribution in [3.63, 3.8) is 0 Å². The number of amides is 1. The lowest BCUT2D eigenvalue weighted by Crippen LogP contribution is -2.42. The molecule has 2 heterocycles. The average Bonchev–Trinajstić information content (AvgIpc) is 2.86. The predicted molar refractivity (Wildman–Crippen MR) is 132 cm³/mol. The molecule has 4 rings (SSSR count). The Morgan fingerprint density at radius 1 is 1.09 bits per heavy atom. The van der Waals surface area contributed by atoms with Gasteiger partial charge in [-0.05, 0) is 23.1 Å². The first-order valence-electron chi connectivity index (χ1n) is 11.7. The highest BCUT2D eigenvalue weighted by Crippen LogP contribution is 2.46. The van der Waals surface area contributed by atoms with E-state index in [2.05, 4.69) is 13.8 Å². The zero-order valence-electron chi connectivity index (χ0n) is 19.7. The molecule has 2 aromatic carbocycles. The van der Waals surface area contributed by atoms with Gasteiger partial charge >= 0.3 is 5.97 Å². The molecule has 2 aliphatic heterocycles. The molecule has 34 heavy (non-hydrogen) atoms. The Labute approximate surface area is 204 Å². The van der Waals surface area contributed by atoms with Crippen molar-refractivity contribution in [2.45, 2.75) is 49.5 Å². The molecule has 0 aliphatic carbocycles. The van der Waals surface area contributed by atoms with Crippen molar-refractivity contribution in [3.05, 3.63) is 76.4 Å². The number of thioether (sulfide) groups is 1. The van der Waals surface area contributed by atoms with Crippen molar-refractivity contribution in [2.75, 3.05) is 26.3 Å². The van der Waals surface area contributed by atoms with Crippen molar-refractivity contribution in [2.24, 2.45) is 0 Å². The predicted octanol–water partition coefficient (Wildman–Crippen LogP) is 5.15. The van der Waals surface area contributed by atoms with Gasteiger partial charge in [-0.2, -0.15) is 0 Å². The maximum Gasteiger partial charge on any atom is 0.349 e. The van der Waals surface area contributed by atoms with Gasteiger partial charge in [-0.1, -0.05) is 74.1 Å². The Hall–Kier alpha value is -2.77. The third-order valence-corrected chi connectivity index (χ3v) is 7.55. The molecule has 0 bridgehead atoms. The number of ether oxygens (including phenoxy) is 2. The second-order valence-corrected chi connectivity index (χ2v) is 10.0. The average molecular weight is 482 g/mol. The number of nitrogens with zero attached hydrogens (tertiary/aromatic N) is 1. The van der Waals surface area contributed by atoms with Gasteiger partial charge in [0.2, 0.25) is 5.91 Å². The van der Waals surface area contributed by atoms with E-state index in [1.165, 1.54) is 11.8 Å². The highest BCUT2D eigenvalue weighted by atomic mass is 32.2. The molecule has 2 aromatic rings. The van der Waals surface area contributed by atoms with Gasteiger partial charge in [-0.15, -0.1) is 0 Å². The first-order chi connectivity index (χ1) is 16.4. The largest absolute Gasteiger partial charge is 0.511 e. The van der Waals surface area contributed by atoms with E-state index >= 15 is 0 Å². The van der Waals surface area contributed by atoms with Crippen LogP contribution in [0.2, 0.25) is 0 Å². The number of cyclic esters (lactones) is 1. The van der Waals surface area contributed by atoms with Crippen molar-refractivity contribution in [3.8, 4) is 0 Å². The number of hydrogen-bond acceptors (Lipinski definition) is 6. The molecule has 1 atom stereocenters. The van der Waals surface area contributed by atoms with Gasteiger partial charge in [0.15, 0.2) is 0 Å². The number of morpholine rings is 1. The Morgan fingerprint density at radius 3 is 2.44 bits per heavy atom. The first kappa shape index (κ1) is 24.4. The number of carbonyl (C=O) groups is 2. The zero-order chi connectivity index (χ0) is 24.1. The van der Waals surface area contributed by atoms with E-state index in [9.17, 15) is 14.7 Å². The number of esters is 1. The number of hydrogen-bond donors (Lipinski definition) is 1. The Morgan fingerprint density at radius 2 is 1.76 bits per heavy atom. The maximum atomic E-state index is 13.3. The molecule has 7 heteroatoms. The molecule has 0 spiro atoms. The first-order valence-corrected chi connectivity index (χ1v) is 12.5. The Bertz CT molecular complexity index is 1060. The molecule has 0 saturated carbocycles. The van der Waals surface area contributed by atoms with Gasteiger partial charge in [0, 0.05) is 30.8 Å². The van der Waals surface area contributed by atoms with Crippen LogP contribution in [0.25, 0.3) is 0 Å². The summed E-state index contributed by atoms with van der Waals surface area (Å²) in [5, 5.41) is 11.1. The third kappa shape index (κ3) is 5.31. The quantitative estimate of drug-likeness (QED) is 0.551. The van der Waals surface area contributed by atoms with E-state index in [-0.39, 0.29) is 35.3 Å². The molecular weight excluding hydrogens is 450 g/mol. The van der Waals surface area contributed by atoms with E-state index in [0.29, 0.717) is 32.7 Å². The molecule has 180 valence electrons. The van der Waals surface area contributed by atoms with Crippen LogP contribution in [0.1, 0.15) is 50.2 Å². The number of aliphatic hydroxyl groups is 1. The second kappa shape index (κ2) is 10.7. The molecule has 1 fully saturated rings. The zero-order valence-corrected chi connectivity index (χ0v) is 20.5. The Balaban J connectivity index is 1.60. The van der Waals surface area contributed by atoms with Crippen molar-refractivity contribution in [1.82, 2.24) is 4.90 Å². The summed E-state index contributed by atoms with van der Waals surface area (Å²) in [5.74, 6) is -0.276.